The lowest BCUT2D eigenvalue weighted by Crippen LogP contribution is -2.23. The third kappa shape index (κ3) is 2.90. The van der Waals surface area contributed by atoms with E-state index in [0.717, 1.165) is 16.2 Å². The van der Waals surface area contributed by atoms with E-state index in [1.54, 1.807) is 12.1 Å². The van der Waals surface area contributed by atoms with Gasteiger partial charge < -0.3 is 0 Å². The van der Waals surface area contributed by atoms with Crippen molar-refractivity contribution < 1.29 is 18.0 Å². The molecule has 0 unspecified atom stereocenters. The molecule has 2 rings (SSSR count). The number of carbonyl (C=O) groups is 1. The first kappa shape index (κ1) is 14.7. The maximum atomic E-state index is 12.3. The normalized spacial score (nSPS) is 11.7. The number of nitrogens with zero attached hydrogens (tertiary/aromatic N) is 3. The quantitative estimate of drug-likeness (QED) is 0.800. The van der Waals surface area contributed by atoms with Crippen LogP contribution in [0.4, 0.5) is 13.2 Å². The Hall–Kier alpha value is -1.70. The summed E-state index contributed by atoms with van der Waals surface area (Å²) in [5.74, 6) is -2.00. The molecule has 0 saturated heterocycles. The molecule has 1 aromatic carbocycles. The molecule has 0 aliphatic carbocycles. The first-order valence-corrected chi connectivity index (χ1v) is 6.45. The summed E-state index contributed by atoms with van der Waals surface area (Å²) in [6.07, 6.45) is -3.30. The summed E-state index contributed by atoms with van der Waals surface area (Å²) in [5.41, 5.74) is 0.738. The molecule has 106 valence electrons. The Morgan fingerprint density at radius 3 is 2.70 bits per heavy atom. The van der Waals surface area contributed by atoms with Crippen molar-refractivity contribution in [1.82, 2.24) is 15.0 Å². The van der Waals surface area contributed by atoms with Gasteiger partial charge in [0.15, 0.2) is 5.69 Å². The van der Waals surface area contributed by atoms with Crippen LogP contribution in [0.2, 0.25) is 0 Å². The number of hydrogen-bond donors (Lipinski definition) is 0. The summed E-state index contributed by atoms with van der Waals surface area (Å²) in [4.78, 5) is 11.1. The minimum absolute atomic E-state index is 0.587. The van der Waals surface area contributed by atoms with Crippen LogP contribution in [0.5, 0.6) is 0 Å². The highest BCUT2D eigenvalue weighted by molar-refractivity contribution is 9.10. The Bertz CT molecular complexity index is 652. The van der Waals surface area contributed by atoms with Gasteiger partial charge in [-0.3, -0.25) is 4.79 Å². The first-order valence-electron chi connectivity index (χ1n) is 5.65. The van der Waals surface area contributed by atoms with Gasteiger partial charge in [-0.15, -0.1) is 5.10 Å². The van der Waals surface area contributed by atoms with Crippen LogP contribution in [0.3, 0.4) is 0 Å². The molecule has 0 amide bonds. The number of benzene rings is 1. The predicted octanol–water partition coefficient (Wildman–Crippen LogP) is 3.34. The Balaban J connectivity index is 2.41. The summed E-state index contributed by atoms with van der Waals surface area (Å²) in [6.45, 7) is 1.91. The summed E-state index contributed by atoms with van der Waals surface area (Å²) in [6, 6.07) is 5.27. The second-order valence-corrected chi connectivity index (χ2v) is 4.92. The van der Waals surface area contributed by atoms with Crippen LogP contribution in [0.1, 0.15) is 23.0 Å². The molecule has 4 nitrogen and oxygen atoms in total. The van der Waals surface area contributed by atoms with Gasteiger partial charge in [0.2, 0.25) is 0 Å². The van der Waals surface area contributed by atoms with Gasteiger partial charge in [0.25, 0.3) is 5.78 Å². The summed E-state index contributed by atoms with van der Waals surface area (Å²) < 4.78 is 39.0. The summed E-state index contributed by atoms with van der Waals surface area (Å²) in [5, 5.41) is 6.88. The molecule has 0 aliphatic heterocycles. The molecule has 0 spiro atoms. The van der Waals surface area contributed by atoms with Gasteiger partial charge in [0.05, 0.1) is 11.9 Å². The summed E-state index contributed by atoms with van der Waals surface area (Å²) in [7, 11) is 0. The van der Waals surface area contributed by atoms with Gasteiger partial charge in [0, 0.05) is 4.47 Å². The molecule has 0 saturated carbocycles. The van der Waals surface area contributed by atoms with E-state index in [0.29, 0.717) is 12.1 Å². The average molecular weight is 348 g/mol. The number of aromatic nitrogens is 3. The Kier molecular flexibility index (Phi) is 3.94. The SMILES string of the molecule is CCc1cc(Br)ccc1-n1cc(C(=O)C(F)(F)F)nn1. The molecule has 20 heavy (non-hydrogen) atoms. The second-order valence-electron chi connectivity index (χ2n) is 4.00. The van der Waals surface area contributed by atoms with Crippen LogP contribution >= 0.6 is 15.9 Å². The smallest absolute Gasteiger partial charge is 0.282 e. The van der Waals surface area contributed by atoms with Crippen molar-refractivity contribution in [2.24, 2.45) is 0 Å². The lowest BCUT2D eigenvalue weighted by Gasteiger charge is -2.07. The number of rotatable bonds is 3. The fourth-order valence-electron chi connectivity index (χ4n) is 1.69. The molecule has 8 heteroatoms. The molecule has 0 bridgehead atoms. The number of hydrogen-bond acceptors (Lipinski definition) is 3. The molecular formula is C12H9BrF3N3O. The van der Waals surface area contributed by atoms with Gasteiger partial charge in [-0.25, -0.2) is 4.68 Å². The van der Waals surface area contributed by atoms with Crippen molar-refractivity contribution in [3.63, 3.8) is 0 Å². The minimum Gasteiger partial charge on any atom is -0.282 e. The number of Topliss-reactive ketones (excluding diaryl/α,β-unsaturated/α-hetero) is 1. The number of aryl methyl sites for hydroxylation is 1. The van der Waals surface area contributed by atoms with Gasteiger partial charge >= 0.3 is 6.18 Å². The van der Waals surface area contributed by atoms with E-state index in [9.17, 15) is 18.0 Å². The topological polar surface area (TPSA) is 47.8 Å². The van der Waals surface area contributed by atoms with E-state index < -0.39 is 17.7 Å². The molecule has 0 atom stereocenters. The van der Waals surface area contributed by atoms with E-state index >= 15 is 0 Å². The predicted molar refractivity (Wildman–Crippen MR) is 68.8 cm³/mol. The fourth-order valence-corrected chi connectivity index (χ4v) is 2.10. The Labute approximate surface area is 120 Å². The van der Waals surface area contributed by atoms with Crippen molar-refractivity contribution in [3.8, 4) is 5.69 Å². The third-order valence-electron chi connectivity index (χ3n) is 2.65. The van der Waals surface area contributed by atoms with E-state index in [-0.39, 0.29) is 0 Å². The molecule has 1 aromatic heterocycles. The lowest BCUT2D eigenvalue weighted by atomic mass is 10.1. The van der Waals surface area contributed by atoms with Gasteiger partial charge in [-0.2, -0.15) is 13.2 Å². The summed E-state index contributed by atoms with van der Waals surface area (Å²) >= 11 is 3.32. The molecule has 0 fully saturated rings. The molecule has 2 aromatic rings. The van der Waals surface area contributed by atoms with Crippen molar-refractivity contribution in [2.75, 3.05) is 0 Å². The van der Waals surface area contributed by atoms with Crippen LogP contribution in [0, 0.1) is 0 Å². The number of alkyl halides is 3. The van der Waals surface area contributed by atoms with Crippen LogP contribution in [0.25, 0.3) is 5.69 Å². The molecule has 0 aliphatic rings. The highest BCUT2D eigenvalue weighted by Gasteiger charge is 2.41. The maximum Gasteiger partial charge on any atom is 0.456 e. The van der Waals surface area contributed by atoms with Gasteiger partial charge in [0.1, 0.15) is 0 Å². The van der Waals surface area contributed by atoms with E-state index in [2.05, 4.69) is 26.2 Å². The largest absolute Gasteiger partial charge is 0.456 e. The maximum absolute atomic E-state index is 12.3. The number of ketones is 1. The minimum atomic E-state index is -4.95. The van der Waals surface area contributed by atoms with E-state index in [1.807, 2.05) is 13.0 Å². The van der Waals surface area contributed by atoms with Crippen molar-refractivity contribution in [1.29, 1.82) is 0 Å². The van der Waals surface area contributed by atoms with Crippen LogP contribution in [-0.2, 0) is 6.42 Å². The monoisotopic (exact) mass is 347 g/mol. The van der Waals surface area contributed by atoms with E-state index in [4.69, 9.17) is 0 Å². The zero-order valence-corrected chi connectivity index (χ0v) is 11.9. The molecular weight excluding hydrogens is 339 g/mol. The third-order valence-corrected chi connectivity index (χ3v) is 3.15. The Morgan fingerprint density at radius 2 is 2.10 bits per heavy atom. The second kappa shape index (κ2) is 5.35. The zero-order chi connectivity index (χ0) is 14.9. The first-order chi connectivity index (χ1) is 9.32. The highest BCUT2D eigenvalue weighted by Crippen LogP contribution is 2.23. The van der Waals surface area contributed by atoms with Gasteiger partial charge in [-0.05, 0) is 30.2 Å². The van der Waals surface area contributed by atoms with Crippen molar-refractivity contribution >= 4 is 21.7 Å². The highest BCUT2D eigenvalue weighted by atomic mass is 79.9. The number of carbonyl (C=O) groups excluding carboxylic acids is 1. The van der Waals surface area contributed by atoms with Crippen LogP contribution in [-0.4, -0.2) is 27.0 Å². The van der Waals surface area contributed by atoms with Gasteiger partial charge in [-0.1, -0.05) is 28.1 Å². The average Bonchev–Trinajstić information content (AvgIpc) is 2.85. The van der Waals surface area contributed by atoms with E-state index in [1.165, 1.54) is 4.68 Å². The Morgan fingerprint density at radius 1 is 1.40 bits per heavy atom. The van der Waals surface area contributed by atoms with Crippen LogP contribution in [0.15, 0.2) is 28.9 Å². The molecule has 0 N–H and O–H groups in total. The zero-order valence-electron chi connectivity index (χ0n) is 10.3. The molecule has 0 radical (unpaired) electrons. The number of halogens is 4. The standard InChI is InChI=1S/C12H9BrF3N3O/c1-2-7-5-8(13)3-4-10(7)19-6-9(17-18-19)11(20)12(14,15)16/h3-6H,2H2,1H3. The lowest BCUT2D eigenvalue weighted by molar-refractivity contribution is -0.0888. The van der Waals surface area contributed by atoms with Crippen molar-refractivity contribution in [2.45, 2.75) is 19.5 Å². The van der Waals surface area contributed by atoms with Crippen molar-refractivity contribution in [3.05, 3.63) is 40.1 Å². The fraction of sp³-hybridized carbons (Fsp3) is 0.250. The van der Waals surface area contributed by atoms with Crippen LogP contribution < -0.4 is 0 Å². The molecule has 1 heterocycles.